The summed E-state index contributed by atoms with van der Waals surface area (Å²) in [5, 5.41) is 6.99. The van der Waals surface area contributed by atoms with Crippen LogP contribution in [0.2, 0.25) is 0 Å². The Kier molecular flexibility index (Phi) is 6.71. The number of halogens is 4. The van der Waals surface area contributed by atoms with E-state index < -0.39 is 12.8 Å². The van der Waals surface area contributed by atoms with Crippen molar-refractivity contribution in [1.82, 2.24) is 15.1 Å². The van der Waals surface area contributed by atoms with E-state index in [2.05, 4.69) is 31.1 Å². The molecule has 1 amide bonds. The maximum absolute atomic E-state index is 12.3. The van der Waals surface area contributed by atoms with E-state index in [0.29, 0.717) is 17.7 Å². The molecule has 5 nitrogen and oxygen atoms in total. The van der Waals surface area contributed by atoms with Crippen LogP contribution in [0.4, 0.5) is 13.2 Å². The maximum atomic E-state index is 12.3. The summed E-state index contributed by atoms with van der Waals surface area (Å²) in [6.07, 6.45) is -0.848. The van der Waals surface area contributed by atoms with Crippen LogP contribution < -0.4 is 5.32 Å². The van der Waals surface area contributed by atoms with Gasteiger partial charge in [0, 0.05) is 18.3 Å². The number of amides is 1. The van der Waals surface area contributed by atoms with Gasteiger partial charge in [-0.3, -0.25) is 4.79 Å². The number of benzene rings is 2. The van der Waals surface area contributed by atoms with Crippen molar-refractivity contribution in [2.45, 2.75) is 19.3 Å². The molecular formula is C20H17BrF3N3O2. The highest BCUT2D eigenvalue weighted by molar-refractivity contribution is 9.10. The highest BCUT2D eigenvalue weighted by Crippen LogP contribution is 2.16. The van der Waals surface area contributed by atoms with Crippen LogP contribution in [0, 0.1) is 0 Å². The number of nitrogens with one attached hydrogen (secondary N) is 1. The summed E-state index contributed by atoms with van der Waals surface area (Å²) in [5.74, 6) is -0.226. The lowest BCUT2D eigenvalue weighted by Gasteiger charge is -2.09. The summed E-state index contributed by atoms with van der Waals surface area (Å²) in [7, 11) is 0. The topological polar surface area (TPSA) is 56.1 Å². The Labute approximate surface area is 173 Å². The Balaban J connectivity index is 1.50. The normalized spacial score (nSPS) is 11.4. The lowest BCUT2D eigenvalue weighted by Crippen LogP contribution is -2.22. The predicted octanol–water partition coefficient (Wildman–Crippen LogP) is 4.64. The third-order valence-corrected chi connectivity index (χ3v) is 4.37. The van der Waals surface area contributed by atoms with E-state index in [4.69, 9.17) is 0 Å². The first kappa shape index (κ1) is 21.1. The largest absolute Gasteiger partial charge is 0.411 e. The number of alkyl halides is 3. The molecule has 3 rings (SSSR count). The minimum atomic E-state index is -4.34. The second kappa shape index (κ2) is 9.23. The molecule has 1 heterocycles. The molecule has 0 radical (unpaired) electrons. The Hall–Kier alpha value is -2.65. The molecule has 1 N–H and O–H groups in total. The van der Waals surface area contributed by atoms with E-state index in [1.165, 1.54) is 0 Å². The van der Waals surface area contributed by atoms with Gasteiger partial charge >= 0.3 is 6.18 Å². The van der Waals surface area contributed by atoms with E-state index in [9.17, 15) is 18.0 Å². The summed E-state index contributed by atoms with van der Waals surface area (Å²) >= 11 is 3.33. The maximum Gasteiger partial charge on any atom is 0.411 e. The molecule has 0 saturated heterocycles. The average molecular weight is 468 g/mol. The second-order valence-corrected chi connectivity index (χ2v) is 7.17. The molecular weight excluding hydrogens is 451 g/mol. The Bertz CT molecular complexity index is 954. The van der Waals surface area contributed by atoms with Gasteiger partial charge in [-0.05, 0) is 51.3 Å². The highest BCUT2D eigenvalue weighted by Gasteiger charge is 2.27. The van der Waals surface area contributed by atoms with Crippen LogP contribution in [0.3, 0.4) is 0 Å². The third kappa shape index (κ3) is 6.43. The van der Waals surface area contributed by atoms with Crippen molar-refractivity contribution in [3.8, 4) is 5.69 Å². The fraction of sp³-hybridized carbons (Fsp3) is 0.200. The Morgan fingerprint density at radius 2 is 1.72 bits per heavy atom. The number of rotatable bonds is 7. The first-order valence-electron chi connectivity index (χ1n) is 8.61. The van der Waals surface area contributed by atoms with E-state index in [-0.39, 0.29) is 12.5 Å². The molecule has 0 fully saturated rings. The number of carbonyl (C=O) groups excluding carboxylic acids is 1. The van der Waals surface area contributed by atoms with Crippen LogP contribution in [-0.4, -0.2) is 28.5 Å². The summed E-state index contributed by atoms with van der Waals surface area (Å²) in [6, 6.07) is 13.8. The zero-order valence-corrected chi connectivity index (χ0v) is 16.7. The zero-order chi connectivity index (χ0) is 20.9. The number of carbonyl (C=O) groups is 1. The van der Waals surface area contributed by atoms with E-state index >= 15 is 0 Å². The van der Waals surface area contributed by atoms with Gasteiger partial charge in [0.1, 0.15) is 6.61 Å². The smallest absolute Gasteiger partial charge is 0.367 e. The summed E-state index contributed by atoms with van der Waals surface area (Å²) in [6.45, 7) is -1.09. The molecule has 2 aromatic carbocycles. The van der Waals surface area contributed by atoms with Crippen LogP contribution in [0.15, 0.2) is 65.4 Å². The van der Waals surface area contributed by atoms with Crippen molar-refractivity contribution in [3.05, 3.63) is 82.1 Å². The van der Waals surface area contributed by atoms with Gasteiger partial charge in [0.15, 0.2) is 0 Å². The molecule has 0 atom stereocenters. The van der Waals surface area contributed by atoms with Crippen molar-refractivity contribution in [2.24, 2.45) is 0 Å². The number of ether oxygens (including phenoxy) is 1. The molecule has 0 aliphatic rings. The minimum absolute atomic E-state index is 0.120. The van der Waals surface area contributed by atoms with E-state index in [1.807, 2.05) is 6.20 Å². The first-order valence-corrected chi connectivity index (χ1v) is 9.40. The van der Waals surface area contributed by atoms with Crippen LogP contribution in [0.25, 0.3) is 5.69 Å². The van der Waals surface area contributed by atoms with Gasteiger partial charge in [-0.2, -0.15) is 18.3 Å². The van der Waals surface area contributed by atoms with Crippen molar-refractivity contribution in [1.29, 1.82) is 0 Å². The molecule has 0 spiro atoms. The van der Waals surface area contributed by atoms with E-state index in [0.717, 1.165) is 15.7 Å². The van der Waals surface area contributed by atoms with Gasteiger partial charge in [-0.1, -0.05) is 24.3 Å². The zero-order valence-electron chi connectivity index (χ0n) is 15.1. The SMILES string of the molecule is O=C(NCc1ccc(COCC(F)(F)F)cc1)c1ccc(-n2cc(Br)cn2)cc1. The van der Waals surface area contributed by atoms with Crippen molar-refractivity contribution in [2.75, 3.05) is 6.61 Å². The third-order valence-electron chi connectivity index (χ3n) is 3.96. The number of aromatic nitrogens is 2. The molecule has 0 aliphatic heterocycles. The summed E-state index contributed by atoms with van der Waals surface area (Å²) in [4.78, 5) is 12.3. The molecule has 152 valence electrons. The van der Waals surface area contributed by atoms with Crippen LogP contribution in [0.1, 0.15) is 21.5 Å². The van der Waals surface area contributed by atoms with Crippen LogP contribution in [-0.2, 0) is 17.9 Å². The first-order chi connectivity index (χ1) is 13.8. The van der Waals surface area contributed by atoms with Gasteiger partial charge in [0.05, 0.1) is 23.0 Å². The lowest BCUT2D eigenvalue weighted by molar-refractivity contribution is -0.176. The molecule has 0 unspecified atom stereocenters. The van der Waals surface area contributed by atoms with Crippen molar-refractivity contribution < 1.29 is 22.7 Å². The van der Waals surface area contributed by atoms with Gasteiger partial charge in [-0.25, -0.2) is 4.68 Å². The average Bonchev–Trinajstić information content (AvgIpc) is 3.12. The van der Waals surface area contributed by atoms with E-state index in [1.54, 1.807) is 59.4 Å². The molecule has 0 bridgehead atoms. The van der Waals surface area contributed by atoms with Gasteiger partial charge in [0.2, 0.25) is 0 Å². The summed E-state index contributed by atoms with van der Waals surface area (Å²) in [5.41, 5.74) is 2.80. The standard InChI is InChI=1S/C20H17BrF3N3O2/c21-17-10-26-27(11-17)18-7-5-16(6-8-18)19(28)25-9-14-1-3-15(4-2-14)12-29-13-20(22,23)24/h1-8,10-11H,9,12-13H2,(H,25,28). The quantitative estimate of drug-likeness (QED) is 0.550. The number of nitrogens with zero attached hydrogens (tertiary/aromatic N) is 2. The fourth-order valence-electron chi connectivity index (χ4n) is 2.53. The van der Waals surface area contributed by atoms with Gasteiger partial charge in [0.25, 0.3) is 5.91 Å². The van der Waals surface area contributed by atoms with Crippen LogP contribution >= 0.6 is 15.9 Å². The molecule has 0 aliphatic carbocycles. The van der Waals surface area contributed by atoms with Gasteiger partial charge < -0.3 is 10.1 Å². The molecule has 9 heteroatoms. The molecule has 1 aromatic heterocycles. The number of hydrogen-bond acceptors (Lipinski definition) is 3. The Morgan fingerprint density at radius 1 is 1.07 bits per heavy atom. The molecule has 29 heavy (non-hydrogen) atoms. The number of hydrogen-bond donors (Lipinski definition) is 1. The highest BCUT2D eigenvalue weighted by atomic mass is 79.9. The lowest BCUT2D eigenvalue weighted by atomic mass is 10.1. The minimum Gasteiger partial charge on any atom is -0.367 e. The predicted molar refractivity (Wildman–Crippen MR) is 105 cm³/mol. The van der Waals surface area contributed by atoms with Gasteiger partial charge in [-0.15, -0.1) is 0 Å². The molecule has 3 aromatic rings. The molecule has 0 saturated carbocycles. The second-order valence-electron chi connectivity index (χ2n) is 6.26. The van der Waals surface area contributed by atoms with Crippen molar-refractivity contribution >= 4 is 21.8 Å². The Morgan fingerprint density at radius 3 is 2.31 bits per heavy atom. The summed E-state index contributed by atoms with van der Waals surface area (Å²) < 4.78 is 43.4. The fourth-order valence-corrected chi connectivity index (χ4v) is 2.82. The van der Waals surface area contributed by atoms with Crippen molar-refractivity contribution in [3.63, 3.8) is 0 Å². The van der Waals surface area contributed by atoms with Crippen LogP contribution in [0.5, 0.6) is 0 Å². The monoisotopic (exact) mass is 467 g/mol.